The average Bonchev–Trinajstić information content (AvgIpc) is 2.03. The quantitative estimate of drug-likeness (QED) is 0.610. The first kappa shape index (κ1) is 9.48. The zero-order valence-corrected chi connectivity index (χ0v) is 8.11. The third-order valence-corrected chi connectivity index (χ3v) is 3.21. The molecule has 1 N–H and O–H groups in total. The molecule has 0 saturated carbocycles. The predicted octanol–water partition coefficient (Wildman–Crippen LogP) is 0.812. The maximum Gasteiger partial charge on any atom is 0.216 e. The maximum atomic E-state index is 11.1. The fraction of sp³-hybridized carbons (Fsp3) is 0.500. The van der Waals surface area contributed by atoms with Crippen molar-refractivity contribution in [2.24, 2.45) is 0 Å². The minimum absolute atomic E-state index is 0.114. The molecule has 0 atom stereocenters. The molecule has 0 aromatic heterocycles. The van der Waals surface area contributed by atoms with E-state index in [9.17, 15) is 8.42 Å². The highest BCUT2D eigenvalue weighted by Crippen LogP contribution is 2.16. The van der Waals surface area contributed by atoms with Gasteiger partial charge in [-0.15, -0.1) is 0 Å². The van der Waals surface area contributed by atoms with Gasteiger partial charge >= 0.3 is 0 Å². The lowest BCUT2D eigenvalue weighted by atomic mass is 10.1. The Bertz CT molecular complexity index is 325. The topological polar surface area (TPSA) is 46.2 Å². The Balaban J connectivity index is 2.96. The van der Waals surface area contributed by atoms with Crippen LogP contribution >= 0.6 is 0 Å². The van der Waals surface area contributed by atoms with E-state index in [1.807, 2.05) is 26.0 Å². The van der Waals surface area contributed by atoms with E-state index in [0.717, 1.165) is 11.1 Å². The van der Waals surface area contributed by atoms with E-state index in [1.54, 1.807) is 0 Å². The van der Waals surface area contributed by atoms with E-state index in [0.29, 0.717) is 6.54 Å². The molecule has 0 aliphatic carbocycles. The van der Waals surface area contributed by atoms with Gasteiger partial charge in [-0.1, -0.05) is 12.2 Å². The van der Waals surface area contributed by atoms with Crippen LogP contribution in [0, 0.1) is 0 Å². The average molecular weight is 187 g/mol. The highest BCUT2D eigenvalue weighted by atomic mass is 32.2. The summed E-state index contributed by atoms with van der Waals surface area (Å²) in [6, 6.07) is 0. The van der Waals surface area contributed by atoms with Crippen molar-refractivity contribution < 1.29 is 8.42 Å². The predicted molar refractivity (Wildman–Crippen MR) is 49.3 cm³/mol. The lowest BCUT2D eigenvalue weighted by Gasteiger charge is -2.18. The molecule has 1 aliphatic rings. The molecule has 4 heteroatoms. The zero-order chi connectivity index (χ0) is 9.19. The molecular weight excluding hydrogens is 174 g/mol. The maximum absolute atomic E-state index is 11.1. The van der Waals surface area contributed by atoms with Gasteiger partial charge in [0.1, 0.15) is 0 Å². The van der Waals surface area contributed by atoms with Gasteiger partial charge in [0.15, 0.2) is 0 Å². The molecule has 1 heterocycles. The Morgan fingerprint density at radius 1 is 1.25 bits per heavy atom. The molecule has 1 fully saturated rings. The highest BCUT2D eigenvalue weighted by molar-refractivity contribution is 7.89. The molecule has 1 saturated heterocycles. The van der Waals surface area contributed by atoms with Gasteiger partial charge in [-0.05, 0) is 25.0 Å². The molecule has 0 aromatic carbocycles. The minimum atomic E-state index is -3.05. The van der Waals surface area contributed by atoms with Crippen LogP contribution in [0.1, 0.15) is 13.8 Å². The van der Waals surface area contributed by atoms with Crippen molar-refractivity contribution in [2.45, 2.75) is 13.8 Å². The second-order valence-corrected chi connectivity index (χ2v) is 4.51. The Labute approximate surface area is 73.2 Å². The third kappa shape index (κ3) is 1.95. The van der Waals surface area contributed by atoms with Crippen molar-refractivity contribution >= 4 is 10.0 Å². The van der Waals surface area contributed by atoms with Gasteiger partial charge in [-0.3, -0.25) is 0 Å². The monoisotopic (exact) mass is 187 g/mol. The molecule has 12 heavy (non-hydrogen) atoms. The first-order chi connectivity index (χ1) is 5.59. The van der Waals surface area contributed by atoms with Crippen molar-refractivity contribution in [2.75, 3.05) is 12.3 Å². The summed E-state index contributed by atoms with van der Waals surface area (Å²) in [6.07, 6.45) is 3.80. The SMILES string of the molecule is C/C=C1/CNS(=O)(=O)C/C1=C/C. The Morgan fingerprint density at radius 3 is 2.33 bits per heavy atom. The molecule has 1 rings (SSSR count). The summed E-state index contributed by atoms with van der Waals surface area (Å²) in [5.41, 5.74) is 1.99. The summed E-state index contributed by atoms with van der Waals surface area (Å²) in [6.45, 7) is 4.20. The number of hydrogen-bond donors (Lipinski definition) is 1. The number of hydrogen-bond acceptors (Lipinski definition) is 2. The lowest BCUT2D eigenvalue weighted by molar-refractivity contribution is 0.583. The van der Waals surface area contributed by atoms with Crippen LogP contribution in [0.5, 0.6) is 0 Å². The molecular formula is C8H13NO2S. The van der Waals surface area contributed by atoms with Gasteiger partial charge in [0.2, 0.25) is 10.0 Å². The number of nitrogens with one attached hydrogen (secondary N) is 1. The van der Waals surface area contributed by atoms with Crippen LogP contribution in [0.15, 0.2) is 23.3 Å². The van der Waals surface area contributed by atoms with Crippen molar-refractivity contribution in [1.29, 1.82) is 0 Å². The Morgan fingerprint density at radius 2 is 1.83 bits per heavy atom. The van der Waals surface area contributed by atoms with Crippen LogP contribution < -0.4 is 4.72 Å². The van der Waals surface area contributed by atoms with Crippen molar-refractivity contribution in [3.8, 4) is 0 Å². The Kier molecular flexibility index (Phi) is 2.69. The summed E-state index contributed by atoms with van der Waals surface area (Å²) in [7, 11) is -3.05. The highest BCUT2D eigenvalue weighted by Gasteiger charge is 2.21. The second-order valence-electron chi connectivity index (χ2n) is 2.71. The van der Waals surface area contributed by atoms with Gasteiger partial charge < -0.3 is 0 Å². The number of rotatable bonds is 0. The first-order valence-electron chi connectivity index (χ1n) is 3.87. The van der Waals surface area contributed by atoms with E-state index in [1.165, 1.54) is 0 Å². The standard InChI is InChI=1S/C8H13NO2S/c1-3-7-5-9-12(10,11)6-8(7)4-2/h3-4,9H,5-6H2,1-2H3/b7-3-,8-4-. The van der Waals surface area contributed by atoms with Gasteiger partial charge in [0.05, 0.1) is 5.75 Å². The van der Waals surface area contributed by atoms with E-state index < -0.39 is 10.0 Å². The largest absolute Gasteiger partial charge is 0.216 e. The molecule has 0 bridgehead atoms. The van der Waals surface area contributed by atoms with E-state index in [2.05, 4.69) is 4.72 Å². The van der Waals surface area contributed by atoms with Crippen molar-refractivity contribution in [1.82, 2.24) is 4.72 Å². The summed E-state index contributed by atoms with van der Waals surface area (Å²) < 4.78 is 24.7. The van der Waals surface area contributed by atoms with Crippen LogP contribution in [-0.4, -0.2) is 20.7 Å². The van der Waals surface area contributed by atoms with E-state index in [-0.39, 0.29) is 5.75 Å². The zero-order valence-electron chi connectivity index (χ0n) is 7.29. The van der Waals surface area contributed by atoms with Crippen molar-refractivity contribution in [3.05, 3.63) is 23.3 Å². The van der Waals surface area contributed by atoms with Crippen LogP contribution in [0.4, 0.5) is 0 Å². The van der Waals surface area contributed by atoms with E-state index >= 15 is 0 Å². The fourth-order valence-electron chi connectivity index (χ4n) is 1.21. The molecule has 0 spiro atoms. The number of sulfonamides is 1. The van der Waals surface area contributed by atoms with Gasteiger partial charge in [0.25, 0.3) is 0 Å². The van der Waals surface area contributed by atoms with Crippen LogP contribution in [0.3, 0.4) is 0 Å². The summed E-state index contributed by atoms with van der Waals surface area (Å²) in [5, 5.41) is 0. The second kappa shape index (κ2) is 3.41. The third-order valence-electron chi connectivity index (χ3n) is 1.94. The first-order valence-corrected chi connectivity index (χ1v) is 5.52. The van der Waals surface area contributed by atoms with Gasteiger partial charge in [-0.2, -0.15) is 0 Å². The summed E-state index contributed by atoms with van der Waals surface area (Å²) in [4.78, 5) is 0. The normalized spacial score (nSPS) is 29.5. The van der Waals surface area contributed by atoms with Crippen LogP contribution in [0.25, 0.3) is 0 Å². The Hall–Kier alpha value is -0.610. The van der Waals surface area contributed by atoms with Gasteiger partial charge in [0, 0.05) is 6.54 Å². The fourth-order valence-corrected chi connectivity index (χ4v) is 2.44. The molecule has 68 valence electrons. The molecule has 3 nitrogen and oxygen atoms in total. The summed E-state index contributed by atoms with van der Waals surface area (Å²) in [5.74, 6) is 0.114. The lowest BCUT2D eigenvalue weighted by Crippen LogP contribution is -2.35. The van der Waals surface area contributed by atoms with Crippen molar-refractivity contribution in [3.63, 3.8) is 0 Å². The molecule has 0 unspecified atom stereocenters. The molecule has 0 aromatic rings. The van der Waals surface area contributed by atoms with E-state index in [4.69, 9.17) is 0 Å². The molecule has 0 amide bonds. The minimum Gasteiger partial charge on any atom is -0.212 e. The smallest absolute Gasteiger partial charge is 0.212 e. The van der Waals surface area contributed by atoms with Gasteiger partial charge in [-0.25, -0.2) is 13.1 Å². The number of allylic oxidation sites excluding steroid dienone is 2. The molecule has 0 radical (unpaired) electrons. The molecule has 1 aliphatic heterocycles. The summed E-state index contributed by atoms with van der Waals surface area (Å²) >= 11 is 0. The van der Waals surface area contributed by atoms with Crippen LogP contribution in [0.2, 0.25) is 0 Å². The van der Waals surface area contributed by atoms with Crippen LogP contribution in [-0.2, 0) is 10.0 Å².